The molecule has 0 radical (unpaired) electrons. The van der Waals surface area contributed by atoms with E-state index < -0.39 is 0 Å². The molecule has 0 atom stereocenters. The first-order chi connectivity index (χ1) is 10.2. The molecule has 1 heterocycles. The second-order valence-corrected chi connectivity index (χ2v) is 3.95. The van der Waals surface area contributed by atoms with E-state index in [0.29, 0.717) is 5.52 Å². The molecule has 2 rings (SSSR count). The number of fused-ring (bicyclic) bond motifs is 1. The van der Waals surface area contributed by atoms with Crippen molar-refractivity contribution in [3.8, 4) is 11.8 Å². The maximum Gasteiger partial charge on any atom is 0.159 e. The SMILES string of the molecule is CC.CC.CCc1cc(CC)c2ccc(C#N)c(O)c2n1. The van der Waals surface area contributed by atoms with Crippen molar-refractivity contribution in [2.75, 3.05) is 0 Å². The number of pyridine rings is 1. The number of hydrogen-bond acceptors (Lipinski definition) is 3. The van der Waals surface area contributed by atoms with Gasteiger partial charge in [0.1, 0.15) is 11.6 Å². The second-order valence-electron chi connectivity index (χ2n) is 3.95. The van der Waals surface area contributed by atoms with E-state index in [9.17, 15) is 5.11 Å². The number of aryl methyl sites for hydroxylation is 2. The van der Waals surface area contributed by atoms with Crippen molar-refractivity contribution in [2.24, 2.45) is 0 Å². The highest BCUT2D eigenvalue weighted by atomic mass is 16.3. The summed E-state index contributed by atoms with van der Waals surface area (Å²) in [5.41, 5.74) is 2.92. The number of aromatic hydroxyl groups is 1. The van der Waals surface area contributed by atoms with Gasteiger partial charge in [-0.1, -0.05) is 47.6 Å². The highest BCUT2D eigenvalue weighted by Crippen LogP contribution is 2.29. The molecule has 0 bridgehead atoms. The minimum Gasteiger partial charge on any atom is -0.504 e. The van der Waals surface area contributed by atoms with Gasteiger partial charge in [0.15, 0.2) is 5.75 Å². The summed E-state index contributed by atoms with van der Waals surface area (Å²) < 4.78 is 0. The van der Waals surface area contributed by atoms with Crippen molar-refractivity contribution in [3.63, 3.8) is 0 Å². The highest BCUT2D eigenvalue weighted by Gasteiger charge is 2.11. The Morgan fingerprint density at radius 3 is 2.19 bits per heavy atom. The van der Waals surface area contributed by atoms with Crippen LogP contribution in [0.1, 0.15) is 58.4 Å². The van der Waals surface area contributed by atoms with Crippen molar-refractivity contribution in [1.29, 1.82) is 5.26 Å². The number of benzene rings is 1. The number of aromatic nitrogens is 1. The van der Waals surface area contributed by atoms with Gasteiger partial charge in [0, 0.05) is 11.1 Å². The van der Waals surface area contributed by atoms with E-state index >= 15 is 0 Å². The second kappa shape index (κ2) is 9.77. The van der Waals surface area contributed by atoms with Crippen LogP contribution in [0, 0.1) is 11.3 Å². The van der Waals surface area contributed by atoms with E-state index in [1.54, 1.807) is 6.07 Å². The number of hydrogen-bond donors (Lipinski definition) is 1. The molecule has 0 amide bonds. The summed E-state index contributed by atoms with van der Waals surface area (Å²) in [4.78, 5) is 4.41. The minimum absolute atomic E-state index is 0.00463. The number of nitrogens with zero attached hydrogens (tertiary/aromatic N) is 2. The van der Waals surface area contributed by atoms with Crippen LogP contribution >= 0.6 is 0 Å². The monoisotopic (exact) mass is 286 g/mol. The van der Waals surface area contributed by atoms with Crippen LogP contribution in [-0.2, 0) is 12.8 Å². The molecule has 1 aromatic heterocycles. The van der Waals surface area contributed by atoms with Crippen molar-refractivity contribution in [3.05, 3.63) is 35.0 Å². The molecule has 0 fully saturated rings. The van der Waals surface area contributed by atoms with Gasteiger partial charge in [0.05, 0.1) is 5.56 Å². The largest absolute Gasteiger partial charge is 0.504 e. The van der Waals surface area contributed by atoms with Crippen LogP contribution in [0.25, 0.3) is 10.9 Å². The first kappa shape index (κ1) is 18.9. The topological polar surface area (TPSA) is 56.9 Å². The van der Waals surface area contributed by atoms with Crippen molar-refractivity contribution in [2.45, 2.75) is 54.4 Å². The Balaban J connectivity index is 0.000000921. The zero-order chi connectivity index (χ0) is 16.4. The minimum atomic E-state index is -0.00463. The third-order valence-corrected chi connectivity index (χ3v) is 2.96. The lowest BCUT2D eigenvalue weighted by molar-refractivity contribution is 0.478. The van der Waals surface area contributed by atoms with Gasteiger partial charge in [0.25, 0.3) is 0 Å². The average Bonchev–Trinajstić information content (AvgIpc) is 2.58. The van der Waals surface area contributed by atoms with E-state index in [-0.39, 0.29) is 11.3 Å². The van der Waals surface area contributed by atoms with Gasteiger partial charge in [-0.3, -0.25) is 0 Å². The Labute approximate surface area is 128 Å². The maximum atomic E-state index is 10.0. The first-order valence-corrected chi connectivity index (χ1v) is 7.75. The molecule has 21 heavy (non-hydrogen) atoms. The highest BCUT2D eigenvalue weighted by molar-refractivity contribution is 5.89. The third kappa shape index (κ3) is 4.19. The predicted octanol–water partition coefficient (Wildman–Crippen LogP) is 4.99. The summed E-state index contributed by atoms with van der Waals surface area (Å²) in [6.07, 6.45) is 1.70. The Hall–Kier alpha value is -2.08. The summed E-state index contributed by atoms with van der Waals surface area (Å²) in [5.74, 6) is -0.00463. The molecule has 1 N–H and O–H groups in total. The molecule has 114 valence electrons. The van der Waals surface area contributed by atoms with Crippen molar-refractivity contribution >= 4 is 10.9 Å². The Morgan fingerprint density at radius 2 is 1.71 bits per heavy atom. The molecular formula is C18H26N2O. The van der Waals surface area contributed by atoms with E-state index in [4.69, 9.17) is 5.26 Å². The molecule has 2 aromatic rings. The molecule has 3 heteroatoms. The maximum absolute atomic E-state index is 10.0. The molecule has 1 aromatic carbocycles. The van der Waals surface area contributed by atoms with Gasteiger partial charge < -0.3 is 5.11 Å². The van der Waals surface area contributed by atoms with E-state index in [1.165, 1.54) is 0 Å². The zero-order valence-corrected chi connectivity index (χ0v) is 14.0. The van der Waals surface area contributed by atoms with Crippen LogP contribution in [0.15, 0.2) is 18.2 Å². The Morgan fingerprint density at radius 1 is 1.10 bits per heavy atom. The van der Waals surface area contributed by atoms with Crippen molar-refractivity contribution in [1.82, 2.24) is 4.98 Å². The molecule has 0 unspecified atom stereocenters. The van der Waals surface area contributed by atoms with Gasteiger partial charge >= 0.3 is 0 Å². The van der Waals surface area contributed by atoms with E-state index in [0.717, 1.165) is 29.5 Å². The molecule has 0 aliphatic carbocycles. The van der Waals surface area contributed by atoms with E-state index in [2.05, 4.69) is 18.0 Å². The summed E-state index contributed by atoms with van der Waals surface area (Å²) in [7, 11) is 0. The first-order valence-electron chi connectivity index (χ1n) is 7.75. The van der Waals surface area contributed by atoms with Gasteiger partial charge in [-0.25, -0.2) is 4.98 Å². The third-order valence-electron chi connectivity index (χ3n) is 2.96. The average molecular weight is 286 g/mol. The van der Waals surface area contributed by atoms with Crippen LogP contribution in [0.2, 0.25) is 0 Å². The lowest BCUT2D eigenvalue weighted by atomic mass is 10.0. The zero-order valence-electron chi connectivity index (χ0n) is 14.0. The number of nitriles is 1. The molecule has 0 aliphatic heterocycles. The van der Waals surface area contributed by atoms with Gasteiger partial charge in [-0.2, -0.15) is 5.26 Å². The number of phenolic OH excluding ortho intramolecular Hbond substituents is 1. The smallest absolute Gasteiger partial charge is 0.159 e. The fourth-order valence-corrected chi connectivity index (χ4v) is 1.97. The predicted molar refractivity (Wildman–Crippen MR) is 89.6 cm³/mol. The summed E-state index contributed by atoms with van der Waals surface area (Å²) in [5, 5.41) is 19.8. The molecule has 0 saturated heterocycles. The Kier molecular flexibility index (Phi) is 8.80. The van der Waals surface area contributed by atoms with Gasteiger partial charge in [-0.05, 0) is 30.5 Å². The number of phenols is 1. The Bertz CT molecular complexity index is 613. The molecule has 0 aliphatic rings. The summed E-state index contributed by atoms with van der Waals surface area (Å²) in [6.45, 7) is 12.1. The normalized spacial score (nSPS) is 9.00. The quantitative estimate of drug-likeness (QED) is 0.846. The van der Waals surface area contributed by atoms with Gasteiger partial charge in [-0.15, -0.1) is 0 Å². The molecule has 0 spiro atoms. The van der Waals surface area contributed by atoms with Gasteiger partial charge in [0.2, 0.25) is 0 Å². The lowest BCUT2D eigenvalue weighted by Gasteiger charge is -2.09. The summed E-state index contributed by atoms with van der Waals surface area (Å²) in [6, 6.07) is 7.54. The van der Waals surface area contributed by atoms with Crippen LogP contribution in [0.4, 0.5) is 0 Å². The van der Waals surface area contributed by atoms with E-state index in [1.807, 2.05) is 46.8 Å². The molecular weight excluding hydrogens is 260 g/mol. The van der Waals surface area contributed by atoms with Crippen molar-refractivity contribution < 1.29 is 5.11 Å². The van der Waals surface area contributed by atoms with Crippen LogP contribution < -0.4 is 0 Å². The molecule has 0 saturated carbocycles. The number of rotatable bonds is 2. The fourth-order valence-electron chi connectivity index (χ4n) is 1.97. The lowest BCUT2D eigenvalue weighted by Crippen LogP contribution is -1.95. The van der Waals surface area contributed by atoms with Crippen LogP contribution in [0.3, 0.4) is 0 Å². The fraction of sp³-hybridized carbons (Fsp3) is 0.444. The van der Waals surface area contributed by atoms with Crippen LogP contribution in [0.5, 0.6) is 5.75 Å². The summed E-state index contributed by atoms with van der Waals surface area (Å²) >= 11 is 0. The molecule has 3 nitrogen and oxygen atoms in total. The standard InChI is InChI=1S/C14H14N2O.2C2H6/c1-3-9-7-11(4-2)16-13-12(9)6-5-10(8-15)14(13)17;2*1-2/h5-7,17H,3-4H2,1-2H3;2*1-2H3. The van der Waals surface area contributed by atoms with Crippen LogP contribution in [-0.4, -0.2) is 10.1 Å².